The average Bonchev–Trinajstić information content (AvgIpc) is 2.83. The lowest BCUT2D eigenvalue weighted by atomic mass is 9.74. The van der Waals surface area contributed by atoms with E-state index in [9.17, 15) is 9.59 Å². The highest BCUT2D eigenvalue weighted by Crippen LogP contribution is 2.42. The summed E-state index contributed by atoms with van der Waals surface area (Å²) in [7, 11) is 0. The first-order valence-corrected chi connectivity index (χ1v) is 10.2. The van der Waals surface area contributed by atoms with E-state index in [1.54, 1.807) is 0 Å². The number of imide groups is 1. The Hall–Kier alpha value is -1.79. The van der Waals surface area contributed by atoms with E-state index in [1.807, 2.05) is 0 Å². The molecule has 146 valence electrons. The first-order valence-electron chi connectivity index (χ1n) is 10.2. The third kappa shape index (κ3) is 4.48. The van der Waals surface area contributed by atoms with Crippen molar-refractivity contribution in [2.75, 3.05) is 39.3 Å². The third-order valence-electron chi connectivity index (χ3n) is 5.98. The maximum absolute atomic E-state index is 11.7. The quantitative estimate of drug-likeness (QED) is 0.455. The Balaban J connectivity index is 1.62. The minimum absolute atomic E-state index is 0.108. The summed E-state index contributed by atoms with van der Waals surface area (Å²) in [5, 5.41) is 5.96. The Labute approximate surface area is 156 Å². The van der Waals surface area contributed by atoms with Gasteiger partial charge >= 0.3 is 6.03 Å². The zero-order valence-corrected chi connectivity index (χ0v) is 16.1. The smallest absolute Gasteiger partial charge is 0.324 e. The summed E-state index contributed by atoms with van der Waals surface area (Å²) >= 11 is 0. The second-order valence-corrected chi connectivity index (χ2v) is 7.88. The van der Waals surface area contributed by atoms with E-state index < -0.39 is 0 Å². The van der Waals surface area contributed by atoms with Gasteiger partial charge in [-0.25, -0.2) is 4.79 Å². The van der Waals surface area contributed by atoms with Gasteiger partial charge in [-0.1, -0.05) is 25.7 Å². The number of piperidine rings is 1. The summed E-state index contributed by atoms with van der Waals surface area (Å²) in [4.78, 5) is 31.7. The van der Waals surface area contributed by atoms with Gasteiger partial charge in [-0.3, -0.25) is 14.7 Å². The Morgan fingerprint density at radius 3 is 2.54 bits per heavy atom. The van der Waals surface area contributed by atoms with E-state index in [4.69, 9.17) is 4.99 Å². The number of guanidine groups is 1. The summed E-state index contributed by atoms with van der Waals surface area (Å²) < 4.78 is 0. The molecule has 1 aliphatic carbocycles. The van der Waals surface area contributed by atoms with Crippen LogP contribution >= 0.6 is 0 Å². The number of amides is 3. The molecule has 3 amide bonds. The fourth-order valence-corrected chi connectivity index (χ4v) is 4.64. The van der Waals surface area contributed by atoms with Gasteiger partial charge in [0.2, 0.25) is 5.91 Å². The van der Waals surface area contributed by atoms with Gasteiger partial charge in [-0.15, -0.1) is 0 Å². The molecule has 26 heavy (non-hydrogen) atoms. The lowest BCUT2D eigenvalue weighted by Crippen LogP contribution is -2.50. The van der Waals surface area contributed by atoms with E-state index in [-0.39, 0.29) is 18.5 Å². The fraction of sp³-hybridized carbons (Fsp3) is 0.842. The summed E-state index contributed by atoms with van der Waals surface area (Å²) in [5.74, 6) is 0.772. The summed E-state index contributed by atoms with van der Waals surface area (Å²) in [5.41, 5.74) is 0.454. The van der Waals surface area contributed by atoms with Gasteiger partial charge in [-0.05, 0) is 38.0 Å². The van der Waals surface area contributed by atoms with Crippen molar-refractivity contribution in [1.29, 1.82) is 0 Å². The van der Waals surface area contributed by atoms with Crippen LogP contribution in [-0.4, -0.2) is 67.0 Å². The molecule has 0 unspecified atom stereocenters. The monoisotopic (exact) mass is 363 g/mol. The highest BCUT2D eigenvalue weighted by molar-refractivity contribution is 6.01. The number of urea groups is 1. The minimum atomic E-state index is -0.300. The van der Waals surface area contributed by atoms with Crippen LogP contribution in [0.2, 0.25) is 0 Å². The van der Waals surface area contributed by atoms with Crippen LogP contribution in [-0.2, 0) is 4.79 Å². The van der Waals surface area contributed by atoms with Gasteiger partial charge in [0.1, 0.15) is 0 Å². The molecule has 2 aliphatic heterocycles. The van der Waals surface area contributed by atoms with Gasteiger partial charge in [0.25, 0.3) is 0 Å². The Bertz CT molecular complexity index is 524. The van der Waals surface area contributed by atoms with E-state index in [2.05, 4.69) is 22.5 Å². The van der Waals surface area contributed by atoms with Crippen molar-refractivity contribution in [2.24, 2.45) is 10.4 Å². The number of carbonyl (C=O) groups excluding carboxylic acids is 2. The van der Waals surface area contributed by atoms with Crippen molar-refractivity contribution in [1.82, 2.24) is 20.4 Å². The number of nitrogens with zero attached hydrogens (tertiary/aromatic N) is 3. The topological polar surface area (TPSA) is 77.0 Å². The molecule has 0 aromatic rings. The van der Waals surface area contributed by atoms with Gasteiger partial charge < -0.3 is 15.5 Å². The maximum Gasteiger partial charge on any atom is 0.324 e. The molecule has 2 N–H and O–H groups in total. The van der Waals surface area contributed by atoms with Gasteiger partial charge in [0.05, 0.1) is 19.6 Å². The molecular weight excluding hydrogens is 330 g/mol. The van der Waals surface area contributed by atoms with Crippen molar-refractivity contribution in [3.63, 3.8) is 0 Å². The molecule has 0 atom stereocenters. The molecule has 2 saturated heterocycles. The molecule has 1 spiro atoms. The Morgan fingerprint density at radius 1 is 1.15 bits per heavy atom. The van der Waals surface area contributed by atoms with Crippen LogP contribution in [0.5, 0.6) is 0 Å². The van der Waals surface area contributed by atoms with E-state index in [0.29, 0.717) is 18.5 Å². The van der Waals surface area contributed by atoms with Gasteiger partial charge in [0.15, 0.2) is 5.96 Å². The largest absolute Gasteiger partial charge is 0.357 e. The normalized spacial score (nSPS) is 24.0. The number of rotatable bonds is 4. The molecule has 1 saturated carbocycles. The fourth-order valence-electron chi connectivity index (χ4n) is 4.64. The molecule has 0 bridgehead atoms. The van der Waals surface area contributed by atoms with Crippen LogP contribution in [0.25, 0.3) is 0 Å². The van der Waals surface area contributed by atoms with Crippen LogP contribution in [0.3, 0.4) is 0 Å². The maximum atomic E-state index is 11.7. The molecular formula is C19H33N5O2. The van der Waals surface area contributed by atoms with Crippen LogP contribution in [0.4, 0.5) is 4.79 Å². The predicted octanol–water partition coefficient (Wildman–Crippen LogP) is 1.94. The number of likely N-dealkylation sites (tertiary alicyclic amines) is 1. The van der Waals surface area contributed by atoms with Crippen molar-refractivity contribution in [3.05, 3.63) is 0 Å². The molecule has 2 heterocycles. The molecule has 3 aliphatic rings. The first kappa shape index (κ1) is 19.0. The lowest BCUT2D eigenvalue weighted by Gasteiger charge is -2.44. The highest BCUT2D eigenvalue weighted by atomic mass is 16.2. The Kier molecular flexibility index (Phi) is 6.38. The van der Waals surface area contributed by atoms with Crippen molar-refractivity contribution in [3.8, 4) is 0 Å². The number of hydrogen-bond acceptors (Lipinski definition) is 3. The molecule has 0 aromatic carbocycles. The van der Waals surface area contributed by atoms with Crippen molar-refractivity contribution >= 4 is 17.9 Å². The lowest BCUT2D eigenvalue weighted by molar-refractivity contribution is -0.124. The zero-order valence-electron chi connectivity index (χ0n) is 16.1. The molecule has 7 heteroatoms. The molecule has 3 rings (SSSR count). The van der Waals surface area contributed by atoms with Crippen molar-refractivity contribution < 1.29 is 9.59 Å². The summed E-state index contributed by atoms with van der Waals surface area (Å²) in [6, 6.07) is -0.300. The van der Waals surface area contributed by atoms with E-state index >= 15 is 0 Å². The number of hydrogen-bond donors (Lipinski definition) is 2. The summed E-state index contributed by atoms with van der Waals surface area (Å²) in [6.45, 7) is 5.93. The SMILES string of the molecule is CCNC(=NCCN1C(=O)CNC1=O)N1CCCC2(CCCCCC2)C1. The highest BCUT2D eigenvalue weighted by Gasteiger charge is 2.36. The molecule has 0 aromatic heterocycles. The molecule has 0 radical (unpaired) electrons. The van der Waals surface area contributed by atoms with Crippen LogP contribution in [0.15, 0.2) is 4.99 Å². The van der Waals surface area contributed by atoms with E-state index in [0.717, 1.165) is 25.6 Å². The standard InChI is InChI=1S/C19H33N5O2/c1-2-20-17(21-11-13-24-16(25)14-22-18(24)26)23-12-7-10-19(15-23)8-5-3-4-6-9-19/h2-15H2,1H3,(H,20,21)(H,22,26). The van der Waals surface area contributed by atoms with Gasteiger partial charge in [0, 0.05) is 19.6 Å². The zero-order chi connectivity index (χ0) is 18.4. The average molecular weight is 364 g/mol. The van der Waals surface area contributed by atoms with Gasteiger partial charge in [-0.2, -0.15) is 0 Å². The second-order valence-electron chi connectivity index (χ2n) is 7.88. The predicted molar refractivity (Wildman–Crippen MR) is 102 cm³/mol. The summed E-state index contributed by atoms with van der Waals surface area (Å²) in [6.07, 6.45) is 10.7. The third-order valence-corrected chi connectivity index (χ3v) is 5.98. The second kappa shape index (κ2) is 8.73. The molecule has 3 fully saturated rings. The minimum Gasteiger partial charge on any atom is -0.357 e. The van der Waals surface area contributed by atoms with Crippen LogP contribution in [0, 0.1) is 5.41 Å². The van der Waals surface area contributed by atoms with E-state index in [1.165, 1.54) is 56.3 Å². The van der Waals surface area contributed by atoms with Crippen LogP contribution in [0.1, 0.15) is 58.3 Å². The molecule has 7 nitrogen and oxygen atoms in total. The Morgan fingerprint density at radius 2 is 1.88 bits per heavy atom. The van der Waals surface area contributed by atoms with Crippen LogP contribution < -0.4 is 10.6 Å². The number of nitrogens with one attached hydrogen (secondary N) is 2. The number of carbonyl (C=O) groups is 2. The number of aliphatic imine (C=N–C) groups is 1. The van der Waals surface area contributed by atoms with Crippen molar-refractivity contribution in [2.45, 2.75) is 58.3 Å². The first-order chi connectivity index (χ1) is 12.6.